The molecule has 1 rings (SSSR count). The Hall–Kier alpha value is -0.590. The summed E-state index contributed by atoms with van der Waals surface area (Å²) in [5.41, 5.74) is 5.98. The van der Waals surface area contributed by atoms with Crippen molar-refractivity contribution in [2.24, 2.45) is 22.5 Å². The second kappa shape index (κ2) is 6.26. The van der Waals surface area contributed by atoms with Crippen molar-refractivity contribution in [1.29, 1.82) is 5.26 Å². The molecule has 1 saturated heterocycles. The average Bonchev–Trinajstić information content (AvgIpc) is 3.03. The van der Waals surface area contributed by atoms with E-state index in [0.717, 1.165) is 12.8 Å². The molecule has 1 aliphatic heterocycles. The fraction of sp³-hybridized carbons (Fsp3) is 0.944. The summed E-state index contributed by atoms with van der Waals surface area (Å²) in [4.78, 5) is 0. The molecule has 4 atom stereocenters. The molecular formula is C18H35N3. The lowest BCUT2D eigenvalue weighted by atomic mass is 9.62. The van der Waals surface area contributed by atoms with Gasteiger partial charge in [-0.15, -0.1) is 0 Å². The predicted octanol–water partition coefficient (Wildman–Crippen LogP) is 3.84. The maximum absolute atomic E-state index is 9.41. The molecule has 122 valence electrons. The first-order chi connectivity index (χ1) is 9.52. The van der Waals surface area contributed by atoms with Gasteiger partial charge in [0.25, 0.3) is 0 Å². The molecular weight excluding hydrogens is 258 g/mol. The van der Waals surface area contributed by atoms with Gasteiger partial charge in [-0.2, -0.15) is 5.26 Å². The highest BCUT2D eigenvalue weighted by Crippen LogP contribution is 2.55. The molecule has 3 N–H and O–H groups in total. The van der Waals surface area contributed by atoms with Crippen molar-refractivity contribution in [1.82, 2.24) is 5.32 Å². The summed E-state index contributed by atoms with van der Waals surface area (Å²) in [5, 5.41) is 13.2. The maximum Gasteiger partial charge on any atom is 0.0684 e. The largest absolute Gasteiger partial charge is 0.328 e. The van der Waals surface area contributed by atoms with Crippen LogP contribution in [0.2, 0.25) is 0 Å². The molecule has 4 unspecified atom stereocenters. The van der Waals surface area contributed by atoms with Crippen LogP contribution in [0.15, 0.2) is 0 Å². The lowest BCUT2D eigenvalue weighted by molar-refractivity contribution is 0.122. The zero-order chi connectivity index (χ0) is 16.5. The number of nitrogens with zero attached hydrogens (tertiary/aromatic N) is 1. The van der Waals surface area contributed by atoms with E-state index in [1.54, 1.807) is 0 Å². The SMILES string of the molecule is CCCC1NC1(C(C)CC(C)N)C(C)(C)CC(C)(C)C#N. The average molecular weight is 293 g/mol. The van der Waals surface area contributed by atoms with E-state index in [9.17, 15) is 5.26 Å². The fourth-order valence-electron chi connectivity index (χ4n) is 4.69. The van der Waals surface area contributed by atoms with E-state index in [1.165, 1.54) is 12.8 Å². The Morgan fingerprint density at radius 1 is 1.29 bits per heavy atom. The number of nitriles is 1. The maximum atomic E-state index is 9.41. The van der Waals surface area contributed by atoms with E-state index < -0.39 is 0 Å². The van der Waals surface area contributed by atoms with Gasteiger partial charge in [0.05, 0.1) is 11.5 Å². The number of hydrogen-bond acceptors (Lipinski definition) is 3. The van der Waals surface area contributed by atoms with Crippen LogP contribution in [0.4, 0.5) is 0 Å². The molecule has 3 nitrogen and oxygen atoms in total. The van der Waals surface area contributed by atoms with Crippen molar-refractivity contribution in [3.63, 3.8) is 0 Å². The zero-order valence-corrected chi connectivity index (χ0v) is 15.1. The van der Waals surface area contributed by atoms with Crippen molar-refractivity contribution in [2.75, 3.05) is 0 Å². The van der Waals surface area contributed by atoms with Crippen LogP contribution in [0, 0.1) is 28.1 Å². The molecule has 0 amide bonds. The third-order valence-corrected chi connectivity index (χ3v) is 5.27. The molecule has 1 fully saturated rings. The van der Waals surface area contributed by atoms with Crippen LogP contribution in [0.25, 0.3) is 0 Å². The van der Waals surface area contributed by atoms with Crippen LogP contribution >= 0.6 is 0 Å². The van der Waals surface area contributed by atoms with Crippen LogP contribution in [0.5, 0.6) is 0 Å². The number of nitrogens with two attached hydrogens (primary N) is 1. The standard InChI is InChI=1S/C18H35N3/c1-8-9-15-18(21-15,13(2)10-14(3)20)17(6,7)11-16(4,5)12-19/h13-15,21H,8-11,20H2,1-7H3. The summed E-state index contributed by atoms with van der Waals surface area (Å²) in [7, 11) is 0. The second-order valence-corrected chi connectivity index (χ2v) is 8.52. The quantitative estimate of drug-likeness (QED) is 0.668. The number of rotatable bonds is 8. The van der Waals surface area contributed by atoms with Crippen molar-refractivity contribution in [3.05, 3.63) is 0 Å². The number of hydrogen-bond donors (Lipinski definition) is 2. The Balaban J connectivity index is 3.01. The van der Waals surface area contributed by atoms with Gasteiger partial charge in [0.15, 0.2) is 0 Å². The highest BCUT2D eigenvalue weighted by molar-refractivity contribution is 5.24. The van der Waals surface area contributed by atoms with Crippen LogP contribution < -0.4 is 11.1 Å². The molecule has 0 aromatic carbocycles. The molecule has 21 heavy (non-hydrogen) atoms. The molecule has 0 radical (unpaired) electrons. The molecule has 1 aliphatic rings. The van der Waals surface area contributed by atoms with Gasteiger partial charge < -0.3 is 11.1 Å². The summed E-state index contributed by atoms with van der Waals surface area (Å²) in [5.74, 6) is 0.526. The van der Waals surface area contributed by atoms with Crippen LogP contribution in [-0.4, -0.2) is 17.6 Å². The second-order valence-electron chi connectivity index (χ2n) is 8.52. The Labute approximate surface area is 131 Å². The summed E-state index contributed by atoms with van der Waals surface area (Å²) < 4.78 is 0. The molecule has 0 saturated carbocycles. The van der Waals surface area contributed by atoms with Crippen LogP contribution in [0.1, 0.15) is 74.1 Å². The topological polar surface area (TPSA) is 71.8 Å². The van der Waals surface area contributed by atoms with Gasteiger partial charge in [0.1, 0.15) is 0 Å². The molecule has 0 spiro atoms. The molecule has 0 bridgehead atoms. The molecule has 0 aliphatic carbocycles. The van der Waals surface area contributed by atoms with Crippen molar-refractivity contribution in [2.45, 2.75) is 91.8 Å². The van der Waals surface area contributed by atoms with E-state index >= 15 is 0 Å². The Morgan fingerprint density at radius 3 is 2.29 bits per heavy atom. The summed E-state index contributed by atoms with van der Waals surface area (Å²) in [6.07, 6.45) is 4.35. The normalized spacial score (nSPS) is 28.8. The third-order valence-electron chi connectivity index (χ3n) is 5.27. The summed E-state index contributed by atoms with van der Waals surface area (Å²) >= 11 is 0. The van der Waals surface area contributed by atoms with E-state index in [1.807, 2.05) is 0 Å². The zero-order valence-electron chi connectivity index (χ0n) is 15.1. The predicted molar refractivity (Wildman–Crippen MR) is 89.8 cm³/mol. The molecule has 0 aromatic heterocycles. The van der Waals surface area contributed by atoms with E-state index in [2.05, 4.69) is 59.9 Å². The molecule has 0 aromatic rings. The van der Waals surface area contributed by atoms with Crippen LogP contribution in [-0.2, 0) is 0 Å². The van der Waals surface area contributed by atoms with E-state index in [4.69, 9.17) is 5.73 Å². The van der Waals surface area contributed by atoms with Gasteiger partial charge >= 0.3 is 0 Å². The Morgan fingerprint density at radius 2 is 1.86 bits per heavy atom. The van der Waals surface area contributed by atoms with Crippen molar-refractivity contribution in [3.8, 4) is 6.07 Å². The van der Waals surface area contributed by atoms with Crippen molar-refractivity contribution >= 4 is 0 Å². The van der Waals surface area contributed by atoms with Gasteiger partial charge in [-0.3, -0.25) is 0 Å². The monoisotopic (exact) mass is 293 g/mol. The van der Waals surface area contributed by atoms with Crippen LogP contribution in [0.3, 0.4) is 0 Å². The van der Waals surface area contributed by atoms with Gasteiger partial charge in [0.2, 0.25) is 0 Å². The van der Waals surface area contributed by atoms with Crippen molar-refractivity contribution < 1.29 is 0 Å². The highest BCUT2D eigenvalue weighted by atomic mass is 15.2. The first-order valence-electron chi connectivity index (χ1n) is 8.47. The lowest BCUT2D eigenvalue weighted by Crippen LogP contribution is -2.46. The molecule has 3 heteroatoms. The van der Waals surface area contributed by atoms with Gasteiger partial charge in [-0.1, -0.05) is 34.1 Å². The number of nitrogens with one attached hydrogen (secondary N) is 1. The Kier molecular flexibility index (Phi) is 5.51. The van der Waals surface area contributed by atoms with Gasteiger partial charge in [-0.25, -0.2) is 0 Å². The minimum Gasteiger partial charge on any atom is -0.328 e. The van der Waals surface area contributed by atoms with Gasteiger partial charge in [0, 0.05) is 17.6 Å². The Bertz CT molecular complexity index is 392. The first-order valence-corrected chi connectivity index (χ1v) is 8.47. The first kappa shape index (κ1) is 18.5. The lowest BCUT2D eigenvalue weighted by Gasteiger charge is -2.42. The summed E-state index contributed by atoms with van der Waals surface area (Å²) in [6.45, 7) is 15.4. The van der Waals surface area contributed by atoms with Gasteiger partial charge in [-0.05, 0) is 51.4 Å². The minimum atomic E-state index is -0.286. The van der Waals surface area contributed by atoms with E-state index in [0.29, 0.717) is 12.0 Å². The minimum absolute atomic E-state index is 0.0837. The highest BCUT2D eigenvalue weighted by Gasteiger charge is 2.64. The fourth-order valence-corrected chi connectivity index (χ4v) is 4.69. The summed E-state index contributed by atoms with van der Waals surface area (Å²) in [6, 6.07) is 3.26. The molecule has 1 heterocycles. The van der Waals surface area contributed by atoms with E-state index in [-0.39, 0.29) is 22.4 Å². The third kappa shape index (κ3) is 3.79. The smallest absolute Gasteiger partial charge is 0.0684 e.